The third kappa shape index (κ3) is 3.99. The Morgan fingerprint density at radius 1 is 1.14 bits per heavy atom. The lowest BCUT2D eigenvalue weighted by Gasteiger charge is -2.19. The van der Waals surface area contributed by atoms with Crippen molar-refractivity contribution in [3.63, 3.8) is 0 Å². The van der Waals surface area contributed by atoms with E-state index in [1.165, 1.54) is 10.9 Å². The number of amides is 1. The zero-order valence-electron chi connectivity index (χ0n) is 16.2. The van der Waals surface area contributed by atoms with Crippen molar-refractivity contribution in [3.05, 3.63) is 71.3 Å². The first-order valence-corrected chi connectivity index (χ1v) is 9.53. The van der Waals surface area contributed by atoms with Crippen LogP contribution in [0.4, 0.5) is 5.69 Å². The number of fused-ring (bicyclic) bond motifs is 3. The Hall–Kier alpha value is -3.61. The van der Waals surface area contributed by atoms with Crippen LogP contribution in [0.2, 0.25) is 0 Å². The predicted molar refractivity (Wildman–Crippen MR) is 113 cm³/mol. The molecule has 0 aliphatic rings. The number of nitrogens with zero attached hydrogens (tertiary/aromatic N) is 3. The predicted octanol–water partition coefficient (Wildman–Crippen LogP) is 2.79. The van der Waals surface area contributed by atoms with Crippen molar-refractivity contribution >= 4 is 33.7 Å². The minimum absolute atomic E-state index is 0.0899. The van der Waals surface area contributed by atoms with E-state index < -0.39 is 0 Å². The third-order valence-electron chi connectivity index (χ3n) is 4.85. The van der Waals surface area contributed by atoms with E-state index in [0.29, 0.717) is 17.6 Å². The fourth-order valence-corrected chi connectivity index (χ4v) is 3.29. The number of carbonyl (C=O) groups is 1. The van der Waals surface area contributed by atoms with Gasteiger partial charge in [-0.25, -0.2) is 4.98 Å². The summed E-state index contributed by atoms with van der Waals surface area (Å²) in [7, 11) is 2.02. The van der Waals surface area contributed by atoms with Crippen LogP contribution >= 0.6 is 0 Å². The van der Waals surface area contributed by atoms with E-state index in [9.17, 15) is 9.59 Å². The fraction of sp³-hybridized carbons (Fsp3) is 0.227. The van der Waals surface area contributed by atoms with Crippen LogP contribution in [0.3, 0.4) is 0 Å². The maximum absolute atomic E-state index is 12.7. The second kappa shape index (κ2) is 8.18. The van der Waals surface area contributed by atoms with Crippen LogP contribution in [0, 0.1) is 0 Å². The van der Waals surface area contributed by atoms with Gasteiger partial charge < -0.3 is 14.6 Å². The van der Waals surface area contributed by atoms with Gasteiger partial charge in [-0.2, -0.15) is 0 Å². The van der Waals surface area contributed by atoms with Crippen molar-refractivity contribution < 1.29 is 9.21 Å². The van der Waals surface area contributed by atoms with Gasteiger partial charge in [-0.3, -0.25) is 14.2 Å². The molecule has 0 aliphatic heterocycles. The summed E-state index contributed by atoms with van der Waals surface area (Å²) >= 11 is 0. The molecule has 0 spiro atoms. The molecule has 0 saturated heterocycles. The summed E-state index contributed by atoms with van der Waals surface area (Å²) in [4.78, 5) is 31.4. The zero-order valence-corrected chi connectivity index (χ0v) is 16.2. The second-order valence-electron chi connectivity index (χ2n) is 6.91. The fourth-order valence-electron chi connectivity index (χ4n) is 3.29. The average molecular weight is 390 g/mol. The number of hydrogen-bond donors (Lipinski definition) is 1. The molecule has 4 rings (SSSR count). The number of furan rings is 1. The van der Waals surface area contributed by atoms with Gasteiger partial charge in [0.25, 0.3) is 5.56 Å². The summed E-state index contributed by atoms with van der Waals surface area (Å²) in [5, 5.41) is 3.65. The van der Waals surface area contributed by atoms with Crippen molar-refractivity contribution in [1.29, 1.82) is 0 Å². The van der Waals surface area contributed by atoms with E-state index in [1.54, 1.807) is 6.07 Å². The second-order valence-corrected chi connectivity index (χ2v) is 6.91. The van der Waals surface area contributed by atoms with Crippen molar-refractivity contribution in [2.45, 2.75) is 13.0 Å². The van der Waals surface area contributed by atoms with Crippen molar-refractivity contribution in [1.82, 2.24) is 14.9 Å². The maximum atomic E-state index is 12.7. The lowest BCUT2D eigenvalue weighted by molar-refractivity contribution is -0.121. The molecule has 1 N–H and O–H groups in total. The Bertz CT molecular complexity index is 1200. The molecule has 2 heterocycles. The van der Waals surface area contributed by atoms with Crippen molar-refractivity contribution in [2.75, 3.05) is 25.0 Å². The number of hydrogen-bond acceptors (Lipinski definition) is 5. The van der Waals surface area contributed by atoms with Crippen LogP contribution in [-0.4, -0.2) is 35.6 Å². The number of rotatable bonds is 7. The zero-order chi connectivity index (χ0) is 20.2. The first-order valence-electron chi connectivity index (χ1n) is 9.53. The first-order chi connectivity index (χ1) is 14.1. The average Bonchev–Trinajstić information content (AvgIpc) is 3.13. The molecule has 0 radical (unpaired) electrons. The van der Waals surface area contributed by atoms with E-state index in [0.717, 1.165) is 24.0 Å². The molecule has 2 aromatic carbocycles. The van der Waals surface area contributed by atoms with Gasteiger partial charge in [-0.1, -0.05) is 30.3 Å². The molecule has 0 aliphatic carbocycles. The van der Waals surface area contributed by atoms with Crippen molar-refractivity contribution in [3.8, 4) is 0 Å². The van der Waals surface area contributed by atoms with Gasteiger partial charge >= 0.3 is 0 Å². The molecule has 0 saturated carbocycles. The standard InChI is InChI=1S/C22H22N4O3/c1-25(16-8-3-2-4-9-16)13-7-12-23-19(27)14-26-15-24-20-17-10-5-6-11-18(17)29-21(20)22(26)28/h2-6,8-11,15H,7,12-14H2,1H3,(H,23,27). The van der Waals surface area contributed by atoms with E-state index in [1.807, 2.05) is 55.6 Å². The summed E-state index contributed by atoms with van der Waals surface area (Å²) in [6.45, 7) is 1.26. The lowest BCUT2D eigenvalue weighted by Crippen LogP contribution is -2.34. The molecule has 7 heteroatoms. The molecular weight excluding hydrogens is 368 g/mol. The van der Waals surface area contributed by atoms with Gasteiger partial charge in [0.05, 0.1) is 6.33 Å². The number of nitrogens with one attached hydrogen (secondary N) is 1. The smallest absolute Gasteiger partial charge is 0.297 e. The summed E-state index contributed by atoms with van der Waals surface area (Å²) in [6, 6.07) is 17.4. The number of benzene rings is 2. The molecule has 0 bridgehead atoms. The van der Waals surface area contributed by atoms with Crippen LogP contribution in [0.25, 0.3) is 22.1 Å². The van der Waals surface area contributed by atoms with Crippen LogP contribution in [0.1, 0.15) is 6.42 Å². The minimum Gasteiger partial charge on any atom is -0.448 e. The molecule has 0 unspecified atom stereocenters. The SMILES string of the molecule is CN(CCCNC(=O)Cn1cnc2c(oc3ccccc32)c1=O)c1ccccc1. The van der Waals surface area contributed by atoms with E-state index >= 15 is 0 Å². The minimum atomic E-state index is -0.356. The molecule has 2 aromatic heterocycles. The maximum Gasteiger partial charge on any atom is 0.297 e. The Labute approximate surface area is 167 Å². The normalized spacial score (nSPS) is 11.1. The lowest BCUT2D eigenvalue weighted by atomic mass is 10.2. The van der Waals surface area contributed by atoms with Crippen LogP contribution in [0.15, 0.2) is 70.1 Å². The summed E-state index contributed by atoms with van der Waals surface area (Å²) in [5.41, 5.74) is 2.08. The molecular formula is C22H22N4O3. The number of carbonyl (C=O) groups excluding carboxylic acids is 1. The van der Waals surface area contributed by atoms with Crippen LogP contribution in [0.5, 0.6) is 0 Å². The van der Waals surface area contributed by atoms with E-state index in [-0.39, 0.29) is 23.6 Å². The molecule has 148 valence electrons. The third-order valence-corrected chi connectivity index (χ3v) is 4.85. The first kappa shape index (κ1) is 18.7. The molecule has 29 heavy (non-hydrogen) atoms. The monoisotopic (exact) mass is 390 g/mol. The van der Waals surface area contributed by atoms with E-state index in [2.05, 4.69) is 15.2 Å². The van der Waals surface area contributed by atoms with Gasteiger partial charge in [0, 0.05) is 31.2 Å². The van der Waals surface area contributed by atoms with E-state index in [4.69, 9.17) is 4.42 Å². The number of anilines is 1. The quantitative estimate of drug-likeness (QED) is 0.491. The highest BCUT2D eigenvalue weighted by molar-refractivity contribution is 6.01. The largest absolute Gasteiger partial charge is 0.448 e. The van der Waals surface area contributed by atoms with Gasteiger partial charge in [0.2, 0.25) is 11.5 Å². The van der Waals surface area contributed by atoms with Crippen LogP contribution in [-0.2, 0) is 11.3 Å². The number of para-hydroxylation sites is 2. The summed E-state index contributed by atoms with van der Waals surface area (Å²) in [5.74, 6) is -0.230. The van der Waals surface area contributed by atoms with Gasteiger partial charge in [0.15, 0.2) is 0 Å². The highest BCUT2D eigenvalue weighted by atomic mass is 16.3. The molecule has 4 aromatic rings. The van der Waals surface area contributed by atoms with Gasteiger partial charge in [0.1, 0.15) is 17.6 Å². The van der Waals surface area contributed by atoms with Gasteiger partial charge in [-0.05, 0) is 30.7 Å². The summed E-state index contributed by atoms with van der Waals surface area (Å²) < 4.78 is 6.91. The Balaban J connectivity index is 1.35. The highest BCUT2D eigenvalue weighted by Crippen LogP contribution is 2.23. The molecule has 1 amide bonds. The molecule has 7 nitrogen and oxygen atoms in total. The topological polar surface area (TPSA) is 80.4 Å². The summed E-state index contributed by atoms with van der Waals surface area (Å²) in [6.07, 6.45) is 2.20. The van der Waals surface area contributed by atoms with Crippen LogP contribution < -0.4 is 15.8 Å². The van der Waals surface area contributed by atoms with Crippen molar-refractivity contribution in [2.24, 2.45) is 0 Å². The Kier molecular flexibility index (Phi) is 5.29. The molecule has 0 fully saturated rings. The Morgan fingerprint density at radius 2 is 1.90 bits per heavy atom. The molecule has 0 atom stereocenters. The van der Waals surface area contributed by atoms with Gasteiger partial charge in [-0.15, -0.1) is 0 Å². The highest BCUT2D eigenvalue weighted by Gasteiger charge is 2.14. The Morgan fingerprint density at radius 3 is 2.72 bits per heavy atom. The number of aromatic nitrogens is 2.